The lowest BCUT2D eigenvalue weighted by molar-refractivity contribution is -0.115. The molecule has 1 N–H and O–H groups in total. The number of hydrogen-bond acceptors (Lipinski definition) is 7. The lowest BCUT2D eigenvalue weighted by Gasteiger charge is -2.09. The molecule has 7 nitrogen and oxygen atoms in total. The van der Waals surface area contributed by atoms with E-state index in [9.17, 15) is 4.79 Å². The second-order valence-electron chi connectivity index (χ2n) is 6.73. The summed E-state index contributed by atoms with van der Waals surface area (Å²) in [7, 11) is 0. The largest absolute Gasteiger partial charge is 0.302 e. The van der Waals surface area contributed by atoms with E-state index in [0.717, 1.165) is 33.8 Å². The van der Waals surface area contributed by atoms with Gasteiger partial charge in [0.05, 0.1) is 6.42 Å². The van der Waals surface area contributed by atoms with E-state index in [-0.39, 0.29) is 12.3 Å². The van der Waals surface area contributed by atoms with Crippen molar-refractivity contribution >= 4 is 51.5 Å². The van der Waals surface area contributed by atoms with Crippen LogP contribution in [0.3, 0.4) is 0 Å². The predicted octanol–water partition coefficient (Wildman–Crippen LogP) is 4.34. The van der Waals surface area contributed by atoms with Gasteiger partial charge < -0.3 is 5.32 Å². The van der Waals surface area contributed by atoms with Gasteiger partial charge in [-0.05, 0) is 37.8 Å². The minimum Gasteiger partial charge on any atom is -0.302 e. The molecule has 0 atom stereocenters. The van der Waals surface area contributed by atoms with Crippen LogP contribution < -0.4 is 5.32 Å². The van der Waals surface area contributed by atoms with E-state index >= 15 is 0 Å². The molecule has 0 aliphatic heterocycles. The SMILES string of the molecule is CSc1nc2nc(C)c(CC(=O)Nc3ncc(Cc4ccc(Cl)cc4)s3)c(C)n2n1. The third-order valence-electron chi connectivity index (χ3n) is 4.64. The van der Waals surface area contributed by atoms with Crippen LogP contribution in [0.5, 0.6) is 0 Å². The second-order valence-corrected chi connectivity index (χ2v) is 9.06. The molecular formula is C20H19ClN6OS2. The number of fused-ring (bicyclic) bond motifs is 1. The number of carbonyl (C=O) groups is 1. The summed E-state index contributed by atoms with van der Waals surface area (Å²) in [4.78, 5) is 26.9. The highest BCUT2D eigenvalue weighted by molar-refractivity contribution is 7.98. The zero-order chi connectivity index (χ0) is 21.3. The predicted molar refractivity (Wildman–Crippen MR) is 121 cm³/mol. The number of thiazole rings is 1. The van der Waals surface area contributed by atoms with Crippen molar-refractivity contribution in [3.05, 3.63) is 62.9 Å². The van der Waals surface area contributed by atoms with Crippen molar-refractivity contribution in [1.29, 1.82) is 0 Å². The fourth-order valence-electron chi connectivity index (χ4n) is 3.11. The zero-order valence-corrected chi connectivity index (χ0v) is 19.0. The van der Waals surface area contributed by atoms with Crippen LogP contribution in [0, 0.1) is 13.8 Å². The molecular weight excluding hydrogens is 440 g/mol. The summed E-state index contributed by atoms with van der Waals surface area (Å²) in [6.07, 6.45) is 4.65. The first-order chi connectivity index (χ1) is 14.4. The van der Waals surface area contributed by atoms with Gasteiger partial charge >= 0.3 is 0 Å². The Hall–Kier alpha value is -2.49. The summed E-state index contributed by atoms with van der Waals surface area (Å²) in [6, 6.07) is 7.71. The van der Waals surface area contributed by atoms with E-state index in [0.29, 0.717) is 21.1 Å². The van der Waals surface area contributed by atoms with Crippen LogP contribution >= 0.6 is 34.7 Å². The standard InChI is InChI=1S/C20H19ClN6OS2/c1-11-16(12(2)27-18(23-11)25-20(26-27)29-3)9-17(28)24-19-22-10-15(30-19)8-13-4-6-14(21)7-5-13/h4-7,10H,8-9H2,1-3H3,(H,22,24,28). The third-order valence-corrected chi connectivity index (χ3v) is 6.34. The number of aromatic nitrogens is 5. The van der Waals surface area contributed by atoms with Crippen LogP contribution in [-0.2, 0) is 17.6 Å². The summed E-state index contributed by atoms with van der Waals surface area (Å²) >= 11 is 8.86. The van der Waals surface area contributed by atoms with Crippen molar-refractivity contribution < 1.29 is 4.79 Å². The minimum absolute atomic E-state index is 0.139. The van der Waals surface area contributed by atoms with Gasteiger partial charge in [0.15, 0.2) is 5.13 Å². The van der Waals surface area contributed by atoms with E-state index in [1.54, 1.807) is 10.7 Å². The third kappa shape index (κ3) is 4.48. The molecule has 0 spiro atoms. The highest BCUT2D eigenvalue weighted by Crippen LogP contribution is 2.23. The summed E-state index contributed by atoms with van der Waals surface area (Å²) in [6.45, 7) is 3.81. The van der Waals surface area contributed by atoms with Gasteiger partial charge in [-0.25, -0.2) is 14.5 Å². The Labute approximate surface area is 186 Å². The maximum atomic E-state index is 12.7. The number of anilines is 1. The van der Waals surface area contributed by atoms with Crippen LogP contribution in [0.1, 0.15) is 27.4 Å². The fourth-order valence-corrected chi connectivity index (χ4v) is 4.43. The lowest BCUT2D eigenvalue weighted by atomic mass is 10.1. The van der Waals surface area contributed by atoms with Gasteiger partial charge in [-0.1, -0.05) is 35.5 Å². The monoisotopic (exact) mass is 458 g/mol. The van der Waals surface area contributed by atoms with E-state index in [1.165, 1.54) is 23.1 Å². The van der Waals surface area contributed by atoms with Crippen molar-refractivity contribution in [2.24, 2.45) is 0 Å². The van der Waals surface area contributed by atoms with Crippen LogP contribution in [0.2, 0.25) is 5.02 Å². The Morgan fingerprint density at radius 1 is 1.23 bits per heavy atom. The topological polar surface area (TPSA) is 85.1 Å². The van der Waals surface area contributed by atoms with E-state index in [1.807, 2.05) is 44.4 Å². The van der Waals surface area contributed by atoms with Crippen LogP contribution in [0.15, 0.2) is 35.6 Å². The minimum atomic E-state index is -0.139. The molecule has 3 heterocycles. The Morgan fingerprint density at radius 3 is 2.73 bits per heavy atom. The Balaban J connectivity index is 1.46. The number of halogens is 1. The van der Waals surface area contributed by atoms with Gasteiger partial charge in [-0.2, -0.15) is 4.98 Å². The van der Waals surface area contributed by atoms with Crippen molar-refractivity contribution in [1.82, 2.24) is 24.6 Å². The first-order valence-electron chi connectivity index (χ1n) is 9.19. The fraction of sp³-hybridized carbons (Fsp3) is 0.250. The molecule has 0 aliphatic carbocycles. The van der Waals surface area contributed by atoms with Gasteiger partial charge in [0, 0.05) is 39.5 Å². The first kappa shape index (κ1) is 20.8. The van der Waals surface area contributed by atoms with Crippen molar-refractivity contribution in [3.8, 4) is 0 Å². The maximum Gasteiger partial charge on any atom is 0.253 e. The van der Waals surface area contributed by atoms with E-state index in [2.05, 4.69) is 25.4 Å². The number of thioether (sulfide) groups is 1. The molecule has 0 radical (unpaired) electrons. The summed E-state index contributed by atoms with van der Waals surface area (Å²) in [5.74, 6) is 0.408. The molecule has 0 fully saturated rings. The number of nitrogens with zero attached hydrogens (tertiary/aromatic N) is 5. The number of benzene rings is 1. The molecule has 1 amide bonds. The van der Waals surface area contributed by atoms with Gasteiger partial charge in [-0.15, -0.1) is 16.4 Å². The highest BCUT2D eigenvalue weighted by Gasteiger charge is 2.17. The molecule has 0 aliphatic rings. The summed E-state index contributed by atoms with van der Waals surface area (Å²) in [5, 5.41) is 9.27. The normalized spacial score (nSPS) is 11.2. The molecule has 0 bridgehead atoms. The van der Waals surface area contributed by atoms with Gasteiger partial charge in [-0.3, -0.25) is 4.79 Å². The molecule has 0 saturated carbocycles. The maximum absolute atomic E-state index is 12.7. The number of amides is 1. The van der Waals surface area contributed by atoms with E-state index in [4.69, 9.17) is 11.6 Å². The average Bonchev–Trinajstić information content (AvgIpc) is 3.33. The molecule has 3 aromatic heterocycles. The molecule has 1 aromatic carbocycles. The Bertz CT molecular complexity index is 1220. The van der Waals surface area contributed by atoms with Crippen molar-refractivity contribution in [2.45, 2.75) is 31.8 Å². The quantitative estimate of drug-likeness (QED) is 0.432. The molecule has 0 saturated heterocycles. The molecule has 4 rings (SSSR count). The van der Waals surface area contributed by atoms with Crippen LogP contribution in [0.25, 0.3) is 5.78 Å². The van der Waals surface area contributed by atoms with Gasteiger partial charge in [0.1, 0.15) is 0 Å². The Morgan fingerprint density at radius 2 is 2.00 bits per heavy atom. The first-order valence-corrected chi connectivity index (χ1v) is 11.6. The van der Waals surface area contributed by atoms with Gasteiger partial charge in [0.25, 0.3) is 5.78 Å². The van der Waals surface area contributed by atoms with Crippen LogP contribution in [-0.4, -0.2) is 36.7 Å². The van der Waals surface area contributed by atoms with Crippen molar-refractivity contribution in [3.63, 3.8) is 0 Å². The average molecular weight is 459 g/mol. The van der Waals surface area contributed by atoms with Gasteiger partial charge in [0.2, 0.25) is 11.1 Å². The second kappa shape index (κ2) is 8.71. The lowest BCUT2D eigenvalue weighted by Crippen LogP contribution is -2.17. The molecule has 10 heteroatoms. The number of hydrogen-bond donors (Lipinski definition) is 1. The summed E-state index contributed by atoms with van der Waals surface area (Å²) < 4.78 is 1.69. The molecule has 30 heavy (non-hydrogen) atoms. The number of rotatable bonds is 6. The highest BCUT2D eigenvalue weighted by atomic mass is 35.5. The smallest absolute Gasteiger partial charge is 0.253 e. The summed E-state index contributed by atoms with van der Waals surface area (Å²) in [5.41, 5.74) is 3.63. The number of nitrogens with one attached hydrogen (secondary N) is 1. The van der Waals surface area contributed by atoms with Crippen molar-refractivity contribution in [2.75, 3.05) is 11.6 Å². The number of carbonyl (C=O) groups excluding carboxylic acids is 1. The van der Waals surface area contributed by atoms with Crippen LogP contribution in [0.4, 0.5) is 5.13 Å². The molecule has 0 unspecified atom stereocenters. The zero-order valence-electron chi connectivity index (χ0n) is 16.6. The molecule has 4 aromatic rings. The number of aryl methyl sites for hydroxylation is 2. The van der Waals surface area contributed by atoms with E-state index < -0.39 is 0 Å². The Kier molecular flexibility index (Phi) is 6.03. The molecule has 154 valence electrons.